The summed E-state index contributed by atoms with van der Waals surface area (Å²) in [4.78, 5) is 19.3. The maximum Gasteiger partial charge on any atom is 0.262 e. The van der Waals surface area contributed by atoms with Gasteiger partial charge in [0, 0.05) is 35.8 Å². The number of fused-ring (bicyclic) bond motifs is 1. The van der Waals surface area contributed by atoms with Gasteiger partial charge in [-0.15, -0.1) is 0 Å². The molecule has 1 atom stereocenters. The third kappa shape index (κ3) is 3.13. The van der Waals surface area contributed by atoms with Crippen LogP contribution < -0.4 is 19.7 Å². The molecule has 28 heavy (non-hydrogen) atoms. The largest absolute Gasteiger partial charge is 0.497 e. The molecule has 1 aliphatic heterocycles. The maximum atomic E-state index is 13.1. The molecule has 1 unspecified atom stereocenters. The van der Waals surface area contributed by atoms with Crippen LogP contribution in [-0.4, -0.2) is 25.1 Å². The molecule has 0 saturated carbocycles. The van der Waals surface area contributed by atoms with Crippen molar-refractivity contribution in [3.8, 4) is 11.5 Å². The van der Waals surface area contributed by atoms with Gasteiger partial charge in [-0.1, -0.05) is 17.7 Å². The number of carbonyl (C=O) groups is 1. The molecule has 4 rings (SSSR count). The highest BCUT2D eigenvalue weighted by Crippen LogP contribution is 2.38. The van der Waals surface area contributed by atoms with Gasteiger partial charge in [-0.2, -0.15) is 0 Å². The molecule has 1 aliphatic rings. The third-order valence-corrected chi connectivity index (χ3v) is 4.77. The van der Waals surface area contributed by atoms with Gasteiger partial charge in [0.15, 0.2) is 6.17 Å². The highest BCUT2D eigenvalue weighted by molar-refractivity contribution is 6.11. The van der Waals surface area contributed by atoms with Crippen molar-refractivity contribution in [1.29, 1.82) is 0 Å². The Morgan fingerprint density at radius 2 is 1.68 bits per heavy atom. The molecular weight excluding hydrogens is 354 g/mol. The Morgan fingerprint density at radius 3 is 2.32 bits per heavy atom. The van der Waals surface area contributed by atoms with Crippen LogP contribution in [0.15, 0.2) is 60.8 Å². The lowest BCUT2D eigenvalue weighted by Crippen LogP contribution is -2.32. The van der Waals surface area contributed by atoms with E-state index >= 15 is 0 Å². The first-order valence-electron chi connectivity index (χ1n) is 8.95. The standard InChI is InChI=1S/C22H21N3O3/c1-14-6-8-16(9-7-14)25-21(20-19(22(25)26)5-4-10-23-20)24-15-11-17(27-2)13-18(12-15)28-3/h4-13,21,24H,1-3H3. The van der Waals surface area contributed by atoms with Crippen LogP contribution in [0.4, 0.5) is 11.4 Å². The number of methoxy groups -OCH3 is 2. The number of pyridine rings is 1. The number of aromatic nitrogens is 1. The number of ether oxygens (including phenoxy) is 2. The number of anilines is 2. The van der Waals surface area contributed by atoms with Crippen LogP contribution in [0, 0.1) is 6.92 Å². The van der Waals surface area contributed by atoms with Gasteiger partial charge in [-0.05, 0) is 31.2 Å². The smallest absolute Gasteiger partial charge is 0.262 e. The van der Waals surface area contributed by atoms with Crippen LogP contribution in [0.3, 0.4) is 0 Å². The molecule has 3 aromatic rings. The molecule has 6 nitrogen and oxygen atoms in total. The predicted octanol–water partition coefficient (Wildman–Crippen LogP) is 4.18. The van der Waals surface area contributed by atoms with Gasteiger partial charge in [-0.3, -0.25) is 14.7 Å². The molecule has 6 heteroatoms. The molecule has 0 fully saturated rings. The van der Waals surface area contributed by atoms with Crippen LogP contribution in [0.2, 0.25) is 0 Å². The zero-order chi connectivity index (χ0) is 19.7. The second-order valence-electron chi connectivity index (χ2n) is 6.60. The van der Waals surface area contributed by atoms with Crippen LogP contribution >= 0.6 is 0 Å². The number of hydrogen-bond donors (Lipinski definition) is 1. The van der Waals surface area contributed by atoms with E-state index in [9.17, 15) is 4.79 Å². The molecule has 1 aromatic heterocycles. The predicted molar refractivity (Wildman–Crippen MR) is 108 cm³/mol. The highest BCUT2D eigenvalue weighted by Gasteiger charge is 2.39. The summed E-state index contributed by atoms with van der Waals surface area (Å²) in [6, 6.07) is 17.0. The van der Waals surface area contributed by atoms with E-state index in [1.807, 2.05) is 43.3 Å². The van der Waals surface area contributed by atoms with E-state index in [0.29, 0.717) is 22.8 Å². The van der Waals surface area contributed by atoms with Crippen molar-refractivity contribution < 1.29 is 14.3 Å². The summed E-state index contributed by atoms with van der Waals surface area (Å²) < 4.78 is 10.7. The number of nitrogens with zero attached hydrogens (tertiary/aromatic N) is 2. The molecule has 0 saturated heterocycles. The van der Waals surface area contributed by atoms with Crippen molar-refractivity contribution in [1.82, 2.24) is 4.98 Å². The summed E-state index contributed by atoms with van der Waals surface area (Å²) in [5.41, 5.74) is 3.99. The van der Waals surface area contributed by atoms with E-state index in [1.165, 1.54) is 0 Å². The zero-order valence-electron chi connectivity index (χ0n) is 16.0. The topological polar surface area (TPSA) is 63.7 Å². The number of aryl methyl sites for hydroxylation is 1. The molecule has 1 amide bonds. The number of nitrogens with one attached hydrogen (secondary N) is 1. The van der Waals surface area contributed by atoms with Crippen molar-refractivity contribution in [2.24, 2.45) is 0 Å². The quantitative estimate of drug-likeness (QED) is 0.725. The average Bonchev–Trinajstić information content (AvgIpc) is 3.00. The fraction of sp³-hybridized carbons (Fsp3) is 0.182. The Morgan fingerprint density at radius 1 is 1.00 bits per heavy atom. The summed E-state index contributed by atoms with van der Waals surface area (Å²) in [6.07, 6.45) is 1.26. The lowest BCUT2D eigenvalue weighted by Gasteiger charge is -2.27. The lowest BCUT2D eigenvalue weighted by atomic mass is 10.2. The molecule has 0 aliphatic carbocycles. The molecule has 0 bridgehead atoms. The van der Waals surface area contributed by atoms with E-state index in [1.54, 1.807) is 43.5 Å². The molecule has 1 N–H and O–H groups in total. The molecule has 142 valence electrons. The molecule has 2 aromatic carbocycles. The summed E-state index contributed by atoms with van der Waals surface area (Å²) in [6.45, 7) is 2.02. The van der Waals surface area contributed by atoms with E-state index in [4.69, 9.17) is 9.47 Å². The fourth-order valence-corrected chi connectivity index (χ4v) is 3.34. The van der Waals surface area contributed by atoms with Gasteiger partial charge < -0.3 is 14.8 Å². The fourth-order valence-electron chi connectivity index (χ4n) is 3.34. The first-order chi connectivity index (χ1) is 13.6. The van der Waals surface area contributed by atoms with Crippen LogP contribution in [0.5, 0.6) is 11.5 Å². The number of rotatable bonds is 5. The minimum atomic E-state index is -0.441. The lowest BCUT2D eigenvalue weighted by molar-refractivity contribution is 0.0993. The zero-order valence-corrected chi connectivity index (χ0v) is 16.0. The maximum absolute atomic E-state index is 13.1. The van der Waals surface area contributed by atoms with Gasteiger partial charge in [-0.25, -0.2) is 0 Å². The van der Waals surface area contributed by atoms with Crippen molar-refractivity contribution in [3.63, 3.8) is 0 Å². The number of carbonyl (C=O) groups excluding carboxylic acids is 1. The number of hydrogen-bond acceptors (Lipinski definition) is 5. The minimum Gasteiger partial charge on any atom is -0.497 e. The van der Waals surface area contributed by atoms with Crippen LogP contribution in [0.25, 0.3) is 0 Å². The Bertz CT molecular complexity index is 996. The van der Waals surface area contributed by atoms with Gasteiger partial charge >= 0.3 is 0 Å². The van der Waals surface area contributed by atoms with E-state index in [0.717, 1.165) is 16.9 Å². The molecular formula is C22H21N3O3. The summed E-state index contributed by atoms with van der Waals surface area (Å²) in [7, 11) is 3.21. The van der Waals surface area contributed by atoms with Crippen molar-refractivity contribution in [2.45, 2.75) is 13.1 Å². The first kappa shape index (κ1) is 17.9. The highest BCUT2D eigenvalue weighted by atomic mass is 16.5. The van der Waals surface area contributed by atoms with Crippen LogP contribution in [-0.2, 0) is 0 Å². The molecule has 0 spiro atoms. The van der Waals surface area contributed by atoms with Crippen molar-refractivity contribution in [2.75, 3.05) is 24.4 Å². The van der Waals surface area contributed by atoms with Crippen molar-refractivity contribution >= 4 is 17.3 Å². The average molecular weight is 375 g/mol. The Labute approximate surface area is 163 Å². The van der Waals surface area contributed by atoms with Crippen molar-refractivity contribution in [3.05, 3.63) is 77.6 Å². The number of amides is 1. The van der Waals surface area contributed by atoms with E-state index < -0.39 is 6.17 Å². The normalized spacial score (nSPS) is 15.3. The second kappa shape index (κ2) is 7.23. The summed E-state index contributed by atoms with van der Waals surface area (Å²) >= 11 is 0. The van der Waals surface area contributed by atoms with Gasteiger partial charge in [0.1, 0.15) is 11.5 Å². The summed E-state index contributed by atoms with van der Waals surface area (Å²) in [5, 5.41) is 3.42. The number of benzene rings is 2. The minimum absolute atomic E-state index is 0.0840. The second-order valence-corrected chi connectivity index (χ2v) is 6.60. The van der Waals surface area contributed by atoms with Crippen LogP contribution in [0.1, 0.15) is 27.8 Å². The Kier molecular flexibility index (Phi) is 4.61. The van der Waals surface area contributed by atoms with E-state index in [-0.39, 0.29) is 5.91 Å². The Hall–Kier alpha value is -3.54. The van der Waals surface area contributed by atoms with Gasteiger partial charge in [0.2, 0.25) is 0 Å². The molecule has 2 heterocycles. The molecule has 0 radical (unpaired) electrons. The van der Waals surface area contributed by atoms with Gasteiger partial charge in [0.25, 0.3) is 5.91 Å². The first-order valence-corrected chi connectivity index (χ1v) is 8.95. The monoisotopic (exact) mass is 375 g/mol. The van der Waals surface area contributed by atoms with E-state index in [2.05, 4.69) is 10.3 Å². The van der Waals surface area contributed by atoms with Gasteiger partial charge in [0.05, 0.1) is 25.5 Å². The third-order valence-electron chi connectivity index (χ3n) is 4.77. The SMILES string of the molecule is COc1cc(NC2c3ncccc3C(=O)N2c2ccc(C)cc2)cc(OC)c1. The summed E-state index contributed by atoms with van der Waals surface area (Å²) in [5.74, 6) is 1.24. The Balaban J connectivity index is 1.77.